The van der Waals surface area contributed by atoms with Gasteiger partial charge in [0.1, 0.15) is 5.82 Å². The molecule has 0 aliphatic carbocycles. The van der Waals surface area contributed by atoms with Gasteiger partial charge in [0.25, 0.3) is 0 Å². The van der Waals surface area contributed by atoms with Gasteiger partial charge in [-0.15, -0.1) is 0 Å². The minimum absolute atomic E-state index is 0.112. The van der Waals surface area contributed by atoms with E-state index in [1.807, 2.05) is 12.1 Å². The molecule has 0 saturated carbocycles. The van der Waals surface area contributed by atoms with Crippen molar-refractivity contribution in [2.45, 2.75) is 39.0 Å². The third kappa shape index (κ3) is 3.47. The molecule has 2 nitrogen and oxygen atoms in total. The van der Waals surface area contributed by atoms with Gasteiger partial charge in [-0.2, -0.15) is 0 Å². The van der Waals surface area contributed by atoms with E-state index >= 15 is 0 Å². The van der Waals surface area contributed by atoms with Gasteiger partial charge >= 0.3 is 0 Å². The van der Waals surface area contributed by atoms with E-state index in [0.717, 1.165) is 30.3 Å². The largest absolute Gasteiger partial charge is 0.371 e. The van der Waals surface area contributed by atoms with Crippen LogP contribution in [0.5, 0.6) is 0 Å². The number of nitrogens with two attached hydrogens (primary N) is 1. The van der Waals surface area contributed by atoms with Crippen molar-refractivity contribution in [2.75, 3.05) is 24.5 Å². The van der Waals surface area contributed by atoms with Gasteiger partial charge in [0.15, 0.2) is 0 Å². The Morgan fingerprint density at radius 2 is 2.16 bits per heavy atom. The lowest BCUT2D eigenvalue weighted by molar-refractivity contribution is 0.459. The smallest absolute Gasteiger partial charge is 0.128 e. The summed E-state index contributed by atoms with van der Waals surface area (Å²) in [4.78, 5) is 2.35. The lowest BCUT2D eigenvalue weighted by atomic mass is 9.98. The third-order valence-corrected chi connectivity index (χ3v) is 4.25. The van der Waals surface area contributed by atoms with Crippen LogP contribution in [0.4, 0.5) is 10.1 Å². The number of hydrogen-bond acceptors (Lipinski definition) is 2. The average Bonchev–Trinajstić information content (AvgIpc) is 2.66. The van der Waals surface area contributed by atoms with Crippen LogP contribution in [0, 0.1) is 11.7 Å². The SMILES string of the molecule is CCC1CCCN(c2cccc(F)c2CCN)CC1. The van der Waals surface area contributed by atoms with Crippen molar-refractivity contribution in [1.82, 2.24) is 0 Å². The van der Waals surface area contributed by atoms with E-state index in [0.29, 0.717) is 13.0 Å². The lowest BCUT2D eigenvalue weighted by Gasteiger charge is -2.26. The minimum atomic E-state index is -0.112. The Morgan fingerprint density at radius 3 is 2.89 bits per heavy atom. The van der Waals surface area contributed by atoms with Crippen LogP contribution in [0.15, 0.2) is 18.2 Å². The van der Waals surface area contributed by atoms with Gasteiger partial charge in [0.05, 0.1) is 0 Å². The molecule has 0 spiro atoms. The molecule has 1 unspecified atom stereocenters. The third-order valence-electron chi connectivity index (χ3n) is 4.25. The van der Waals surface area contributed by atoms with Crippen molar-refractivity contribution in [3.05, 3.63) is 29.6 Å². The standard InChI is InChI=1S/C16H25FN2/c1-2-13-5-4-11-19(12-9-13)16-7-3-6-15(17)14(16)8-10-18/h3,6-7,13H,2,4-5,8-12,18H2,1H3. The van der Waals surface area contributed by atoms with Gasteiger partial charge in [-0.1, -0.05) is 19.4 Å². The summed E-state index contributed by atoms with van der Waals surface area (Å²) >= 11 is 0. The Kier molecular flexibility index (Phi) is 5.20. The molecule has 2 rings (SSSR count). The quantitative estimate of drug-likeness (QED) is 0.903. The van der Waals surface area contributed by atoms with E-state index in [1.54, 1.807) is 6.07 Å². The zero-order chi connectivity index (χ0) is 13.7. The predicted octanol–water partition coefficient (Wildman–Crippen LogP) is 3.34. The summed E-state index contributed by atoms with van der Waals surface area (Å²) in [6, 6.07) is 5.40. The lowest BCUT2D eigenvalue weighted by Crippen LogP contribution is -2.26. The molecule has 19 heavy (non-hydrogen) atoms. The maximum Gasteiger partial charge on any atom is 0.128 e. The van der Waals surface area contributed by atoms with Gasteiger partial charge in [0.2, 0.25) is 0 Å². The molecule has 3 heteroatoms. The highest BCUT2D eigenvalue weighted by Crippen LogP contribution is 2.28. The van der Waals surface area contributed by atoms with Crippen LogP contribution in [0.2, 0.25) is 0 Å². The minimum Gasteiger partial charge on any atom is -0.371 e. The molecule has 106 valence electrons. The Hall–Kier alpha value is -1.09. The number of halogens is 1. The van der Waals surface area contributed by atoms with E-state index in [9.17, 15) is 4.39 Å². The molecule has 1 saturated heterocycles. The molecule has 1 atom stereocenters. The van der Waals surface area contributed by atoms with Crippen molar-refractivity contribution in [1.29, 1.82) is 0 Å². The fraction of sp³-hybridized carbons (Fsp3) is 0.625. The normalized spacial score (nSPS) is 20.4. The Balaban J connectivity index is 2.18. The summed E-state index contributed by atoms with van der Waals surface area (Å²) < 4.78 is 14.0. The van der Waals surface area contributed by atoms with Crippen LogP contribution in [-0.4, -0.2) is 19.6 Å². The molecule has 0 aromatic heterocycles. The first-order chi connectivity index (χ1) is 9.26. The van der Waals surface area contributed by atoms with Crippen molar-refractivity contribution in [3.8, 4) is 0 Å². The topological polar surface area (TPSA) is 29.3 Å². The Morgan fingerprint density at radius 1 is 1.32 bits per heavy atom. The molecule has 1 aromatic carbocycles. The van der Waals surface area contributed by atoms with E-state index in [1.165, 1.54) is 25.7 Å². The second-order valence-corrected chi connectivity index (χ2v) is 5.47. The zero-order valence-corrected chi connectivity index (χ0v) is 11.9. The number of anilines is 1. The van der Waals surface area contributed by atoms with Gasteiger partial charge in [-0.25, -0.2) is 4.39 Å². The highest BCUT2D eigenvalue weighted by Gasteiger charge is 2.19. The second kappa shape index (κ2) is 6.90. The number of hydrogen-bond donors (Lipinski definition) is 1. The molecule has 0 amide bonds. The van der Waals surface area contributed by atoms with Crippen molar-refractivity contribution < 1.29 is 4.39 Å². The summed E-state index contributed by atoms with van der Waals surface area (Å²) in [5.41, 5.74) is 7.47. The molecule has 1 aromatic rings. The average molecular weight is 264 g/mol. The van der Waals surface area contributed by atoms with Crippen molar-refractivity contribution in [2.24, 2.45) is 11.7 Å². The molecule has 0 radical (unpaired) electrons. The molecular weight excluding hydrogens is 239 g/mol. The van der Waals surface area contributed by atoms with Gasteiger partial charge in [-0.05, 0) is 50.3 Å². The van der Waals surface area contributed by atoms with E-state index < -0.39 is 0 Å². The van der Waals surface area contributed by atoms with E-state index in [-0.39, 0.29) is 5.82 Å². The summed E-state index contributed by atoms with van der Waals surface area (Å²) in [5.74, 6) is 0.718. The highest BCUT2D eigenvalue weighted by molar-refractivity contribution is 5.54. The fourth-order valence-corrected chi connectivity index (χ4v) is 3.05. The molecule has 2 N–H and O–H groups in total. The summed E-state index contributed by atoms with van der Waals surface area (Å²) in [5, 5.41) is 0. The van der Waals surface area contributed by atoms with Gasteiger partial charge in [0, 0.05) is 24.3 Å². The first kappa shape index (κ1) is 14.3. The summed E-state index contributed by atoms with van der Waals surface area (Å²) in [7, 11) is 0. The van der Waals surface area contributed by atoms with Crippen LogP contribution in [-0.2, 0) is 6.42 Å². The maximum absolute atomic E-state index is 14.0. The van der Waals surface area contributed by atoms with Crippen LogP contribution in [0.1, 0.15) is 38.2 Å². The maximum atomic E-state index is 14.0. The van der Waals surface area contributed by atoms with Crippen LogP contribution in [0.25, 0.3) is 0 Å². The zero-order valence-electron chi connectivity index (χ0n) is 11.9. The van der Waals surface area contributed by atoms with Crippen molar-refractivity contribution in [3.63, 3.8) is 0 Å². The van der Waals surface area contributed by atoms with Gasteiger partial charge in [-0.3, -0.25) is 0 Å². The molecule has 1 fully saturated rings. The fourth-order valence-electron chi connectivity index (χ4n) is 3.05. The van der Waals surface area contributed by atoms with Crippen molar-refractivity contribution >= 4 is 5.69 Å². The van der Waals surface area contributed by atoms with Crippen LogP contribution >= 0.6 is 0 Å². The number of nitrogens with zero attached hydrogens (tertiary/aromatic N) is 1. The first-order valence-corrected chi connectivity index (χ1v) is 7.48. The molecule has 1 aliphatic rings. The molecule has 1 aliphatic heterocycles. The highest BCUT2D eigenvalue weighted by atomic mass is 19.1. The van der Waals surface area contributed by atoms with Crippen LogP contribution < -0.4 is 10.6 Å². The molecular formula is C16H25FN2. The van der Waals surface area contributed by atoms with Crippen LogP contribution in [0.3, 0.4) is 0 Å². The Labute approximate surface area is 115 Å². The summed E-state index contributed by atoms with van der Waals surface area (Å²) in [6.07, 6.45) is 5.60. The number of benzene rings is 1. The monoisotopic (exact) mass is 264 g/mol. The number of rotatable bonds is 4. The second-order valence-electron chi connectivity index (χ2n) is 5.47. The molecule has 1 heterocycles. The summed E-state index contributed by atoms with van der Waals surface area (Å²) in [6.45, 7) is 4.85. The molecule has 0 bridgehead atoms. The van der Waals surface area contributed by atoms with Gasteiger partial charge < -0.3 is 10.6 Å². The first-order valence-electron chi connectivity index (χ1n) is 7.48. The Bertz CT molecular complexity index is 406. The predicted molar refractivity (Wildman–Crippen MR) is 79.0 cm³/mol. The van der Waals surface area contributed by atoms with E-state index in [2.05, 4.69) is 11.8 Å². The van der Waals surface area contributed by atoms with E-state index in [4.69, 9.17) is 5.73 Å².